The van der Waals surface area contributed by atoms with Gasteiger partial charge in [-0.3, -0.25) is 0 Å². The summed E-state index contributed by atoms with van der Waals surface area (Å²) in [4.78, 5) is 11.4. The lowest BCUT2D eigenvalue weighted by Gasteiger charge is -2.08. The van der Waals surface area contributed by atoms with Gasteiger partial charge in [0.2, 0.25) is 0 Å². The maximum atomic E-state index is 11.4. The van der Waals surface area contributed by atoms with E-state index < -0.39 is 0 Å². The van der Waals surface area contributed by atoms with Crippen LogP contribution in [0.3, 0.4) is 0 Å². The van der Waals surface area contributed by atoms with Crippen LogP contribution in [-0.2, 0) is 9.47 Å². The van der Waals surface area contributed by atoms with Crippen molar-refractivity contribution in [3.8, 4) is 16.9 Å². The molecule has 0 unspecified atom stereocenters. The zero-order valence-electron chi connectivity index (χ0n) is 13.6. The predicted octanol–water partition coefficient (Wildman–Crippen LogP) is 3.95. The molecular formula is C19H22O4. The number of unbranched alkanes of at least 4 members (excludes halogenated alkanes) is 1. The van der Waals surface area contributed by atoms with E-state index in [-0.39, 0.29) is 5.97 Å². The summed E-state index contributed by atoms with van der Waals surface area (Å²) < 4.78 is 15.4. The smallest absolute Gasteiger partial charge is 0.337 e. The third kappa shape index (κ3) is 5.11. The highest BCUT2D eigenvalue weighted by Crippen LogP contribution is 2.23. The summed E-state index contributed by atoms with van der Waals surface area (Å²) in [6.45, 7) is 1.46. The van der Waals surface area contributed by atoms with Gasteiger partial charge in [-0.15, -0.1) is 0 Å². The summed E-state index contributed by atoms with van der Waals surface area (Å²) in [6, 6.07) is 15.3. The zero-order chi connectivity index (χ0) is 16.5. The number of benzene rings is 2. The van der Waals surface area contributed by atoms with Crippen LogP contribution in [0.15, 0.2) is 48.5 Å². The van der Waals surface area contributed by atoms with E-state index in [1.165, 1.54) is 7.11 Å². The Labute approximate surface area is 137 Å². The first kappa shape index (κ1) is 17.0. The van der Waals surface area contributed by atoms with Crippen molar-refractivity contribution >= 4 is 5.97 Å². The van der Waals surface area contributed by atoms with Crippen molar-refractivity contribution < 1.29 is 19.0 Å². The number of rotatable bonds is 8. The summed E-state index contributed by atoms with van der Waals surface area (Å²) in [6.07, 6.45) is 1.98. The van der Waals surface area contributed by atoms with Crippen molar-refractivity contribution in [2.24, 2.45) is 0 Å². The second kappa shape index (κ2) is 8.96. The summed E-state index contributed by atoms with van der Waals surface area (Å²) in [5.41, 5.74) is 2.67. The SMILES string of the molecule is COCCCCOc1ccc(-c2ccc(C(=O)OC)cc2)cc1. The first-order valence-corrected chi connectivity index (χ1v) is 7.65. The van der Waals surface area contributed by atoms with Crippen LogP contribution in [0.1, 0.15) is 23.2 Å². The molecule has 0 aliphatic carbocycles. The van der Waals surface area contributed by atoms with Gasteiger partial charge in [-0.25, -0.2) is 4.79 Å². The van der Waals surface area contributed by atoms with Gasteiger partial charge in [0.05, 0.1) is 19.3 Å². The van der Waals surface area contributed by atoms with Crippen molar-refractivity contribution in [1.29, 1.82) is 0 Å². The Balaban J connectivity index is 1.92. The van der Waals surface area contributed by atoms with E-state index in [1.54, 1.807) is 19.2 Å². The van der Waals surface area contributed by atoms with Crippen molar-refractivity contribution in [3.63, 3.8) is 0 Å². The lowest BCUT2D eigenvalue weighted by atomic mass is 10.0. The van der Waals surface area contributed by atoms with E-state index in [2.05, 4.69) is 0 Å². The third-order valence-electron chi connectivity index (χ3n) is 3.51. The fourth-order valence-electron chi connectivity index (χ4n) is 2.20. The highest BCUT2D eigenvalue weighted by molar-refractivity contribution is 5.89. The fraction of sp³-hybridized carbons (Fsp3) is 0.316. The third-order valence-corrected chi connectivity index (χ3v) is 3.51. The Morgan fingerprint density at radius 1 is 0.826 bits per heavy atom. The van der Waals surface area contributed by atoms with Crippen LogP contribution in [0.2, 0.25) is 0 Å². The van der Waals surface area contributed by atoms with E-state index in [0.717, 1.165) is 36.3 Å². The van der Waals surface area contributed by atoms with Crippen LogP contribution < -0.4 is 4.74 Å². The molecule has 0 atom stereocenters. The molecule has 0 saturated heterocycles. The molecule has 0 fully saturated rings. The molecule has 0 aliphatic heterocycles. The largest absolute Gasteiger partial charge is 0.494 e. The highest BCUT2D eigenvalue weighted by Gasteiger charge is 2.05. The molecule has 0 aliphatic rings. The van der Waals surface area contributed by atoms with Gasteiger partial charge in [0.15, 0.2) is 0 Å². The maximum Gasteiger partial charge on any atom is 0.337 e. The lowest BCUT2D eigenvalue weighted by Crippen LogP contribution is -2.00. The molecule has 0 radical (unpaired) electrons. The van der Waals surface area contributed by atoms with Gasteiger partial charge in [-0.1, -0.05) is 24.3 Å². The minimum Gasteiger partial charge on any atom is -0.494 e. The minimum absolute atomic E-state index is 0.325. The Morgan fingerprint density at radius 2 is 1.39 bits per heavy atom. The number of carbonyl (C=O) groups is 1. The number of methoxy groups -OCH3 is 2. The number of hydrogen-bond acceptors (Lipinski definition) is 4. The summed E-state index contributed by atoms with van der Waals surface area (Å²) in [5.74, 6) is 0.533. The Bertz CT molecular complexity index is 602. The van der Waals surface area contributed by atoms with E-state index in [0.29, 0.717) is 12.2 Å². The van der Waals surface area contributed by atoms with Crippen molar-refractivity contribution in [2.75, 3.05) is 27.4 Å². The molecule has 2 aromatic rings. The van der Waals surface area contributed by atoms with Gasteiger partial charge in [-0.05, 0) is 48.2 Å². The molecule has 122 valence electrons. The molecular weight excluding hydrogens is 292 g/mol. The van der Waals surface area contributed by atoms with Crippen LogP contribution in [0.25, 0.3) is 11.1 Å². The van der Waals surface area contributed by atoms with Gasteiger partial charge in [0.1, 0.15) is 5.75 Å². The van der Waals surface area contributed by atoms with Crippen molar-refractivity contribution in [3.05, 3.63) is 54.1 Å². The lowest BCUT2D eigenvalue weighted by molar-refractivity contribution is 0.0601. The van der Waals surface area contributed by atoms with Crippen LogP contribution in [-0.4, -0.2) is 33.4 Å². The monoisotopic (exact) mass is 314 g/mol. The number of hydrogen-bond donors (Lipinski definition) is 0. The normalized spacial score (nSPS) is 10.3. The molecule has 0 aromatic heterocycles. The molecule has 2 aromatic carbocycles. The number of carbonyl (C=O) groups excluding carboxylic acids is 1. The van der Waals surface area contributed by atoms with Gasteiger partial charge in [0, 0.05) is 13.7 Å². The number of esters is 1. The maximum absolute atomic E-state index is 11.4. The summed E-state index contributed by atoms with van der Waals surface area (Å²) >= 11 is 0. The zero-order valence-corrected chi connectivity index (χ0v) is 13.6. The molecule has 0 N–H and O–H groups in total. The van der Waals surface area contributed by atoms with Crippen LogP contribution >= 0.6 is 0 Å². The van der Waals surface area contributed by atoms with Crippen molar-refractivity contribution in [1.82, 2.24) is 0 Å². The van der Waals surface area contributed by atoms with Gasteiger partial charge >= 0.3 is 5.97 Å². The molecule has 0 spiro atoms. The summed E-state index contributed by atoms with van der Waals surface area (Å²) in [5, 5.41) is 0. The van der Waals surface area contributed by atoms with Crippen LogP contribution in [0.5, 0.6) is 5.75 Å². The molecule has 0 bridgehead atoms. The molecule has 2 rings (SSSR count). The quantitative estimate of drug-likeness (QED) is 0.547. The average Bonchev–Trinajstić information content (AvgIpc) is 2.61. The Kier molecular flexibility index (Phi) is 6.63. The standard InChI is InChI=1S/C19H22O4/c1-21-13-3-4-14-23-18-11-9-16(10-12-18)15-5-7-17(8-6-15)19(20)22-2/h5-12H,3-4,13-14H2,1-2H3. The highest BCUT2D eigenvalue weighted by atomic mass is 16.5. The second-order valence-corrected chi connectivity index (χ2v) is 5.14. The first-order valence-electron chi connectivity index (χ1n) is 7.65. The van der Waals surface area contributed by atoms with Gasteiger partial charge < -0.3 is 14.2 Å². The molecule has 23 heavy (non-hydrogen) atoms. The van der Waals surface area contributed by atoms with E-state index in [9.17, 15) is 4.79 Å². The first-order chi connectivity index (χ1) is 11.2. The second-order valence-electron chi connectivity index (χ2n) is 5.14. The van der Waals surface area contributed by atoms with Gasteiger partial charge in [-0.2, -0.15) is 0 Å². The van der Waals surface area contributed by atoms with Crippen molar-refractivity contribution in [2.45, 2.75) is 12.8 Å². The predicted molar refractivity (Wildman–Crippen MR) is 89.8 cm³/mol. The number of ether oxygens (including phenoxy) is 3. The molecule has 0 heterocycles. The molecule has 0 saturated carbocycles. The van der Waals surface area contributed by atoms with E-state index in [1.807, 2.05) is 36.4 Å². The van der Waals surface area contributed by atoms with Crippen LogP contribution in [0.4, 0.5) is 0 Å². The van der Waals surface area contributed by atoms with E-state index >= 15 is 0 Å². The van der Waals surface area contributed by atoms with E-state index in [4.69, 9.17) is 14.2 Å². The fourth-order valence-corrected chi connectivity index (χ4v) is 2.20. The average molecular weight is 314 g/mol. The minimum atomic E-state index is -0.325. The van der Waals surface area contributed by atoms with Crippen LogP contribution in [0, 0.1) is 0 Å². The molecule has 0 amide bonds. The molecule has 4 nitrogen and oxygen atoms in total. The summed E-state index contributed by atoms with van der Waals surface area (Å²) in [7, 11) is 3.08. The topological polar surface area (TPSA) is 44.8 Å². The molecule has 4 heteroatoms. The Hall–Kier alpha value is -2.33. The Morgan fingerprint density at radius 3 is 1.96 bits per heavy atom. The van der Waals surface area contributed by atoms with Gasteiger partial charge in [0.25, 0.3) is 0 Å².